The summed E-state index contributed by atoms with van der Waals surface area (Å²) >= 11 is 2.95. The first-order valence-electron chi connectivity index (χ1n) is 5.81. The minimum absolute atomic E-state index is 0. The summed E-state index contributed by atoms with van der Waals surface area (Å²) in [6, 6.07) is 3.13. The van der Waals surface area contributed by atoms with Gasteiger partial charge in [-0.05, 0) is 25.1 Å². The van der Waals surface area contributed by atoms with Gasteiger partial charge in [0.2, 0.25) is 0 Å². The Morgan fingerprint density at radius 2 is 1.91 bits per heavy atom. The van der Waals surface area contributed by atoms with Gasteiger partial charge >= 0.3 is 31.2 Å². The van der Waals surface area contributed by atoms with Crippen molar-refractivity contribution in [3.8, 4) is 5.75 Å². The van der Waals surface area contributed by atoms with Crippen LogP contribution in [0.5, 0.6) is 5.75 Å². The average molecular weight is 391 g/mol. The van der Waals surface area contributed by atoms with Crippen molar-refractivity contribution in [3.63, 3.8) is 0 Å². The fraction of sp³-hybridized carbons (Fsp3) is 0.231. The van der Waals surface area contributed by atoms with Gasteiger partial charge < -0.3 is 14.6 Å². The Morgan fingerprint density at radius 1 is 1.30 bits per heavy atom. The van der Waals surface area contributed by atoms with Crippen molar-refractivity contribution in [2.45, 2.75) is 13.3 Å². The number of aliphatic hydroxyl groups is 1. The molecule has 0 aliphatic carbocycles. The maximum absolute atomic E-state index is 12.2. The van der Waals surface area contributed by atoms with Gasteiger partial charge in [0.1, 0.15) is 11.5 Å². The Labute approximate surface area is 149 Å². The molecule has 0 saturated heterocycles. The molecule has 1 aromatic carbocycles. The molecule has 0 saturated carbocycles. The van der Waals surface area contributed by atoms with Gasteiger partial charge in [0.25, 0.3) is 5.78 Å². The number of ether oxygens (including phenoxy) is 2. The Balaban J connectivity index is 0.00000484. The van der Waals surface area contributed by atoms with Crippen molar-refractivity contribution >= 4 is 52.3 Å². The second-order valence-electron chi connectivity index (χ2n) is 3.84. The normalized spacial score (nSPS) is 11.4. The topological polar surface area (TPSA) is 72.8 Å². The van der Waals surface area contributed by atoms with Crippen LogP contribution in [0.25, 0.3) is 5.76 Å². The summed E-state index contributed by atoms with van der Waals surface area (Å²) in [5.41, 5.74) is -0.147. The first-order valence-corrected chi connectivity index (χ1v) is 6.60. The Hall–Kier alpha value is -1.43. The number of aliphatic hydroxyl groups excluding tert-OH is 1. The van der Waals surface area contributed by atoms with Gasteiger partial charge in [-0.15, -0.1) is 13.2 Å². The van der Waals surface area contributed by atoms with E-state index in [-0.39, 0.29) is 35.5 Å². The maximum atomic E-state index is 12.2. The number of hydrogen-bond acceptors (Lipinski definition) is 5. The monoisotopic (exact) mass is 390 g/mol. The van der Waals surface area contributed by atoms with Crippen molar-refractivity contribution in [3.05, 3.63) is 34.3 Å². The van der Waals surface area contributed by atoms with E-state index in [0.29, 0.717) is 6.08 Å². The fourth-order valence-corrected chi connectivity index (χ4v) is 1.84. The number of rotatable bonds is 5. The van der Waals surface area contributed by atoms with Crippen molar-refractivity contribution in [2.75, 3.05) is 6.61 Å². The van der Waals surface area contributed by atoms with Crippen LogP contribution >= 0.6 is 15.9 Å². The molecular formula is C13H11BrF3LiO5. The summed E-state index contributed by atoms with van der Waals surface area (Å²) in [7, 11) is 0. The summed E-state index contributed by atoms with van der Waals surface area (Å²) in [5.74, 6) is -3.62. The molecule has 0 fully saturated rings. The molecule has 5 nitrogen and oxygen atoms in total. The average Bonchev–Trinajstić information content (AvgIpc) is 2.35. The molecule has 122 valence electrons. The van der Waals surface area contributed by atoms with E-state index in [0.717, 1.165) is 12.1 Å². The standard InChI is InChI=1S/C13H10BrF3O5.Li.H/c1-2-21-12(20)11(19)6-10(18)7-3-8(14)5-9(4-7)22-13(15,16)17;;/h3-6,18H,2H2,1H3;;. The predicted octanol–water partition coefficient (Wildman–Crippen LogP) is 2.73. The third-order valence-corrected chi connectivity index (χ3v) is 2.60. The third-order valence-electron chi connectivity index (χ3n) is 2.15. The summed E-state index contributed by atoms with van der Waals surface area (Å²) in [6.45, 7) is 1.46. The van der Waals surface area contributed by atoms with Crippen LogP contribution in [-0.4, -0.2) is 48.7 Å². The molecule has 0 heterocycles. The fourth-order valence-electron chi connectivity index (χ4n) is 1.37. The van der Waals surface area contributed by atoms with Gasteiger partial charge in [0.15, 0.2) is 0 Å². The molecular weight excluding hydrogens is 380 g/mol. The second-order valence-corrected chi connectivity index (χ2v) is 4.75. The van der Waals surface area contributed by atoms with Gasteiger partial charge in [-0.3, -0.25) is 4.79 Å². The summed E-state index contributed by atoms with van der Waals surface area (Å²) < 4.78 is 44.9. The van der Waals surface area contributed by atoms with E-state index < -0.39 is 29.6 Å². The Kier molecular flexibility index (Phi) is 8.45. The number of carbonyl (C=O) groups is 2. The van der Waals surface area contributed by atoms with E-state index in [1.807, 2.05) is 0 Å². The van der Waals surface area contributed by atoms with Crippen LogP contribution in [0.2, 0.25) is 0 Å². The molecule has 0 amide bonds. The second kappa shape index (κ2) is 9.01. The van der Waals surface area contributed by atoms with Crippen molar-refractivity contribution in [2.24, 2.45) is 0 Å². The first kappa shape index (κ1) is 21.6. The molecule has 0 unspecified atom stereocenters. The van der Waals surface area contributed by atoms with Gasteiger partial charge in [0.05, 0.1) is 6.61 Å². The molecule has 0 aromatic heterocycles. The molecule has 1 aromatic rings. The number of halogens is 4. The van der Waals surface area contributed by atoms with Crippen LogP contribution in [0.15, 0.2) is 28.7 Å². The van der Waals surface area contributed by atoms with Crippen LogP contribution in [0.1, 0.15) is 12.5 Å². The predicted molar refractivity (Wildman–Crippen MR) is 80.2 cm³/mol. The number of esters is 1. The Bertz CT molecular complexity index is 616. The van der Waals surface area contributed by atoms with E-state index in [4.69, 9.17) is 0 Å². The molecule has 0 bridgehead atoms. The van der Waals surface area contributed by atoms with Crippen molar-refractivity contribution in [1.29, 1.82) is 0 Å². The zero-order valence-corrected chi connectivity index (χ0v) is 12.7. The first-order chi connectivity index (χ1) is 10.1. The van der Waals surface area contributed by atoms with Gasteiger partial charge in [-0.2, -0.15) is 0 Å². The minimum atomic E-state index is -4.90. The van der Waals surface area contributed by atoms with E-state index in [1.54, 1.807) is 0 Å². The quantitative estimate of drug-likeness (QED) is 0.275. The number of carbonyl (C=O) groups excluding carboxylic acids is 2. The molecule has 10 heteroatoms. The van der Waals surface area contributed by atoms with Crippen molar-refractivity contribution in [1.82, 2.24) is 0 Å². The number of hydrogen-bond donors (Lipinski definition) is 1. The number of ketones is 1. The van der Waals surface area contributed by atoms with E-state index >= 15 is 0 Å². The molecule has 23 heavy (non-hydrogen) atoms. The molecule has 0 spiro atoms. The molecule has 0 aliphatic heterocycles. The number of alkyl halides is 3. The van der Waals surface area contributed by atoms with Crippen LogP contribution in [0.4, 0.5) is 13.2 Å². The number of benzene rings is 1. The summed E-state index contributed by atoms with van der Waals surface area (Å²) in [5, 5.41) is 9.73. The van der Waals surface area contributed by atoms with Crippen LogP contribution < -0.4 is 4.74 Å². The Morgan fingerprint density at radius 3 is 2.43 bits per heavy atom. The van der Waals surface area contributed by atoms with Crippen LogP contribution in [0, 0.1) is 0 Å². The van der Waals surface area contributed by atoms with Crippen LogP contribution in [0.3, 0.4) is 0 Å². The SMILES string of the molecule is CCOC(=O)C(=O)C=C(O)c1cc(Br)cc(OC(F)(F)F)c1.[LiH]. The van der Waals surface area contributed by atoms with E-state index in [1.165, 1.54) is 13.0 Å². The molecule has 1 rings (SSSR count). The molecule has 0 atom stereocenters. The van der Waals surface area contributed by atoms with E-state index in [9.17, 15) is 27.9 Å². The van der Waals surface area contributed by atoms with Gasteiger partial charge in [-0.1, -0.05) is 15.9 Å². The molecule has 0 aliphatic rings. The van der Waals surface area contributed by atoms with Gasteiger partial charge in [-0.25, -0.2) is 4.79 Å². The van der Waals surface area contributed by atoms with E-state index in [2.05, 4.69) is 25.4 Å². The zero-order valence-electron chi connectivity index (χ0n) is 11.1. The summed E-state index contributed by atoms with van der Waals surface area (Å²) in [4.78, 5) is 22.5. The summed E-state index contributed by atoms with van der Waals surface area (Å²) in [6.07, 6.45) is -4.35. The molecule has 0 radical (unpaired) electrons. The third kappa shape index (κ3) is 7.59. The van der Waals surface area contributed by atoms with Gasteiger partial charge in [0, 0.05) is 16.1 Å². The van der Waals surface area contributed by atoms with Crippen LogP contribution in [-0.2, 0) is 14.3 Å². The molecule has 1 N–H and O–H groups in total. The van der Waals surface area contributed by atoms with Crippen molar-refractivity contribution < 1.29 is 37.3 Å². The zero-order chi connectivity index (χ0) is 16.9.